The molecule has 2 aromatic heterocycles. The molecule has 1 aliphatic carbocycles. The third-order valence-electron chi connectivity index (χ3n) is 13.6. The number of hydrogen-bond donors (Lipinski definition) is 2. The van der Waals surface area contributed by atoms with E-state index in [4.69, 9.17) is 0 Å². The summed E-state index contributed by atoms with van der Waals surface area (Å²) in [5.41, 5.74) is 20.7. The van der Waals surface area contributed by atoms with E-state index in [-0.39, 0.29) is 6.04 Å². The Kier molecular flexibility index (Phi) is 8.27. The highest BCUT2D eigenvalue weighted by Gasteiger charge is 2.43. The Morgan fingerprint density at radius 3 is 2.23 bits per heavy atom. The van der Waals surface area contributed by atoms with Crippen LogP contribution in [0.4, 0.5) is 0 Å². The molecule has 0 radical (unpaired) electrons. The largest absolute Gasteiger partial charge is 0.367 e. The summed E-state index contributed by atoms with van der Waals surface area (Å²) in [7, 11) is 0. The van der Waals surface area contributed by atoms with E-state index in [2.05, 4.69) is 179 Å². The summed E-state index contributed by atoms with van der Waals surface area (Å²) in [5.74, 6) is 0.371. The molecule has 0 spiro atoms. The number of H-pyrrole nitrogens is 2. The summed E-state index contributed by atoms with van der Waals surface area (Å²) in [4.78, 5) is 10.1. The second kappa shape index (κ2) is 13.8. The van der Waals surface area contributed by atoms with E-state index < -0.39 is 0 Å². The van der Waals surface area contributed by atoms with Crippen LogP contribution in [0.1, 0.15) is 81.5 Å². The molecular formula is C53H49N4+. The fraction of sp³-hybridized carbons (Fsp3) is 0.226. The maximum absolute atomic E-state index is 3.77. The smallest absolute Gasteiger partial charge is 0.179 e. The molecule has 0 amide bonds. The Balaban J connectivity index is 0.951. The van der Waals surface area contributed by atoms with E-state index in [0.717, 1.165) is 45.2 Å². The number of para-hydroxylation sites is 2. The minimum absolute atomic E-state index is 0.231. The van der Waals surface area contributed by atoms with Crippen LogP contribution in [0.3, 0.4) is 0 Å². The normalized spacial score (nSPS) is 21.2. The van der Waals surface area contributed by atoms with Gasteiger partial charge >= 0.3 is 0 Å². The SMILES string of the molecule is Cc1c(C)c2c(c3c1CCN1C=CC(/C=C/c4c(C5=CC=CCC5)[nH]c5ccccc45)=CC31)C1CC(/C=C/c3c(-c4ccccc4)[nH]c4ccccc34)C=[N+]1CC2. The van der Waals surface area contributed by atoms with Crippen molar-refractivity contribution in [1.82, 2.24) is 14.9 Å². The number of hydrogen-bond acceptors (Lipinski definition) is 1. The molecule has 0 saturated carbocycles. The van der Waals surface area contributed by atoms with Crippen LogP contribution in [0.15, 0.2) is 133 Å². The Hall–Kier alpha value is -6.13. The number of nitrogens with zero attached hydrogens (tertiary/aromatic N) is 2. The molecule has 3 atom stereocenters. The molecule has 3 unspecified atom stereocenters. The van der Waals surface area contributed by atoms with Gasteiger partial charge in [0.25, 0.3) is 0 Å². The third kappa shape index (κ3) is 5.76. The van der Waals surface area contributed by atoms with Crippen molar-refractivity contribution < 1.29 is 4.58 Å². The second-order valence-electron chi connectivity index (χ2n) is 16.6. The number of allylic oxidation sites excluding steroid dienone is 8. The minimum Gasteiger partial charge on any atom is -0.367 e. The first-order valence-electron chi connectivity index (χ1n) is 21.0. The number of aromatic nitrogens is 2. The van der Waals surface area contributed by atoms with Gasteiger partial charge in [0, 0.05) is 69.8 Å². The molecule has 0 bridgehead atoms. The minimum atomic E-state index is 0.231. The van der Waals surface area contributed by atoms with Crippen LogP contribution in [-0.4, -0.2) is 38.7 Å². The number of nitrogens with one attached hydrogen (secondary N) is 2. The van der Waals surface area contributed by atoms with Gasteiger partial charge in [-0.25, -0.2) is 4.58 Å². The molecule has 11 rings (SSSR count). The zero-order chi connectivity index (χ0) is 38.0. The molecule has 6 aromatic rings. The Bertz CT molecular complexity index is 2810. The van der Waals surface area contributed by atoms with Crippen LogP contribution < -0.4 is 0 Å². The number of aromatic amines is 2. The molecule has 2 N–H and O–H groups in total. The molecule has 4 nitrogen and oxygen atoms in total. The topological polar surface area (TPSA) is 37.8 Å². The van der Waals surface area contributed by atoms with Crippen LogP contribution in [0.25, 0.3) is 50.8 Å². The van der Waals surface area contributed by atoms with Crippen LogP contribution in [-0.2, 0) is 12.8 Å². The molecule has 280 valence electrons. The first-order chi connectivity index (χ1) is 28.1. The van der Waals surface area contributed by atoms with Gasteiger partial charge in [-0.3, -0.25) is 0 Å². The fourth-order valence-corrected chi connectivity index (χ4v) is 10.6. The fourth-order valence-electron chi connectivity index (χ4n) is 10.6. The first kappa shape index (κ1) is 34.1. The van der Waals surface area contributed by atoms with Crippen molar-refractivity contribution in [1.29, 1.82) is 0 Å². The molecule has 57 heavy (non-hydrogen) atoms. The summed E-state index contributed by atoms with van der Waals surface area (Å²) < 4.78 is 2.69. The van der Waals surface area contributed by atoms with Crippen LogP contribution in [0, 0.1) is 19.8 Å². The maximum atomic E-state index is 3.77. The lowest BCUT2D eigenvalue weighted by Gasteiger charge is -2.41. The van der Waals surface area contributed by atoms with E-state index in [1.54, 1.807) is 22.3 Å². The highest BCUT2D eigenvalue weighted by molar-refractivity contribution is 5.97. The van der Waals surface area contributed by atoms with Crippen molar-refractivity contribution in [3.8, 4) is 11.3 Å². The van der Waals surface area contributed by atoms with Crippen LogP contribution in [0.5, 0.6) is 0 Å². The quantitative estimate of drug-likeness (QED) is 0.164. The van der Waals surface area contributed by atoms with Gasteiger partial charge in [-0.05, 0) is 95.8 Å². The van der Waals surface area contributed by atoms with E-state index in [1.165, 1.54) is 72.2 Å². The lowest BCUT2D eigenvalue weighted by molar-refractivity contribution is -0.564. The molecule has 5 aliphatic rings. The molecule has 4 heteroatoms. The van der Waals surface area contributed by atoms with E-state index in [0.29, 0.717) is 12.0 Å². The summed E-state index contributed by atoms with van der Waals surface area (Å²) in [6, 6.07) is 28.8. The lowest BCUT2D eigenvalue weighted by Crippen LogP contribution is -2.36. The van der Waals surface area contributed by atoms with Crippen molar-refractivity contribution in [2.75, 3.05) is 13.1 Å². The first-order valence-corrected chi connectivity index (χ1v) is 21.0. The monoisotopic (exact) mass is 741 g/mol. The van der Waals surface area contributed by atoms with Crippen molar-refractivity contribution in [2.45, 2.75) is 58.0 Å². The summed E-state index contributed by atoms with van der Waals surface area (Å²) in [5, 5.41) is 2.56. The number of benzene rings is 4. The Morgan fingerprint density at radius 1 is 0.737 bits per heavy atom. The Labute approximate surface area is 335 Å². The van der Waals surface area contributed by atoms with Gasteiger partial charge in [0.1, 0.15) is 12.8 Å². The van der Waals surface area contributed by atoms with E-state index in [9.17, 15) is 0 Å². The average molecular weight is 742 g/mol. The van der Waals surface area contributed by atoms with Crippen molar-refractivity contribution in [2.24, 2.45) is 5.92 Å². The molecular weight excluding hydrogens is 693 g/mol. The highest BCUT2D eigenvalue weighted by Crippen LogP contribution is 2.48. The second-order valence-corrected chi connectivity index (χ2v) is 16.6. The average Bonchev–Trinajstić information content (AvgIpc) is 3.97. The number of rotatable bonds is 6. The summed E-state index contributed by atoms with van der Waals surface area (Å²) in [6.45, 7) is 6.93. The predicted octanol–water partition coefficient (Wildman–Crippen LogP) is 12.1. The number of fused-ring (bicyclic) bond motifs is 9. The zero-order valence-corrected chi connectivity index (χ0v) is 32.9. The Morgan fingerprint density at radius 2 is 1.46 bits per heavy atom. The van der Waals surface area contributed by atoms with Gasteiger partial charge in [0.2, 0.25) is 0 Å². The van der Waals surface area contributed by atoms with Gasteiger partial charge in [0.15, 0.2) is 6.04 Å². The van der Waals surface area contributed by atoms with Crippen molar-refractivity contribution >= 4 is 45.7 Å². The van der Waals surface area contributed by atoms with Gasteiger partial charge in [0.05, 0.1) is 17.7 Å². The van der Waals surface area contributed by atoms with Crippen LogP contribution in [0.2, 0.25) is 0 Å². The van der Waals surface area contributed by atoms with E-state index in [1.807, 2.05) is 0 Å². The standard InChI is InChI=1S/C53H49N4/c1-34-35(2)41-27-30-57-33-37(22-24-45-43-18-10-12-20-47(43)55-53(45)39-15-7-4-8-16-39)32-49(57)51(41)50-40(34)26-29-56-28-25-36(31-48(50)56)21-23-44-42-17-9-11-19-46(42)54-52(44)38-13-5-3-6-14-38/h3-5,7-13,15-25,28,31,33,37,48-49,54-55H,6,14,26-27,29-30,32H2,1-2H3/q+1/b23-21+,24-22+. The highest BCUT2D eigenvalue weighted by atomic mass is 15.2. The summed E-state index contributed by atoms with van der Waals surface area (Å²) in [6.07, 6.45) is 31.6. The van der Waals surface area contributed by atoms with Crippen LogP contribution >= 0.6 is 0 Å². The maximum Gasteiger partial charge on any atom is 0.179 e. The summed E-state index contributed by atoms with van der Waals surface area (Å²) >= 11 is 0. The van der Waals surface area contributed by atoms with E-state index >= 15 is 0 Å². The molecule has 0 saturated heterocycles. The third-order valence-corrected chi connectivity index (χ3v) is 13.6. The van der Waals surface area contributed by atoms with Gasteiger partial charge in [-0.1, -0.05) is 115 Å². The predicted molar refractivity (Wildman–Crippen MR) is 238 cm³/mol. The molecule has 0 fully saturated rings. The molecule has 4 aliphatic heterocycles. The van der Waals surface area contributed by atoms with Gasteiger partial charge in [-0.15, -0.1) is 0 Å². The van der Waals surface area contributed by atoms with Gasteiger partial charge in [-0.2, -0.15) is 0 Å². The zero-order valence-electron chi connectivity index (χ0n) is 32.9. The van der Waals surface area contributed by atoms with Crippen molar-refractivity contribution in [3.63, 3.8) is 0 Å². The van der Waals surface area contributed by atoms with Crippen molar-refractivity contribution in [3.05, 3.63) is 183 Å². The lowest BCUT2D eigenvalue weighted by atomic mass is 9.75. The molecule has 4 aromatic carbocycles. The molecule has 6 heterocycles. The van der Waals surface area contributed by atoms with Gasteiger partial charge < -0.3 is 14.9 Å².